The Labute approximate surface area is 151 Å². The third-order valence-corrected chi connectivity index (χ3v) is 4.39. The van der Waals surface area contributed by atoms with Crippen molar-refractivity contribution < 1.29 is 23.8 Å². The number of nitrogens with zero attached hydrogens (tertiary/aromatic N) is 1. The number of hydrogen-bond acceptors (Lipinski definition) is 4. The lowest BCUT2D eigenvalue weighted by Crippen LogP contribution is -2.42. The van der Waals surface area contributed by atoms with Crippen molar-refractivity contribution in [1.82, 2.24) is 4.90 Å². The number of likely N-dealkylation sites (tertiary alicyclic amines) is 1. The molecular weight excluding hydrogens is 337 g/mol. The summed E-state index contributed by atoms with van der Waals surface area (Å²) < 4.78 is 19.1. The van der Waals surface area contributed by atoms with E-state index in [4.69, 9.17) is 4.74 Å². The largest absolute Gasteiger partial charge is 0.459 e. The van der Waals surface area contributed by atoms with E-state index in [1.54, 1.807) is 12.1 Å². The molecule has 1 aliphatic heterocycles. The van der Waals surface area contributed by atoms with Gasteiger partial charge in [-0.15, -0.1) is 0 Å². The first-order chi connectivity index (χ1) is 12.5. The summed E-state index contributed by atoms with van der Waals surface area (Å²) >= 11 is 0. The highest BCUT2D eigenvalue weighted by molar-refractivity contribution is 5.86. The van der Waals surface area contributed by atoms with E-state index in [2.05, 4.69) is 0 Å². The molecule has 3 rings (SSSR count). The number of ether oxygens (including phenoxy) is 1. The quantitative estimate of drug-likeness (QED) is 0.832. The van der Waals surface area contributed by atoms with Crippen molar-refractivity contribution in [2.24, 2.45) is 0 Å². The third kappa shape index (κ3) is 4.26. The Hall–Kier alpha value is -2.73. The number of benzene rings is 2. The van der Waals surface area contributed by atoms with Crippen LogP contribution in [0.1, 0.15) is 17.5 Å². The molecule has 0 saturated carbocycles. The summed E-state index contributed by atoms with van der Waals surface area (Å²) in [4.78, 5) is 26.2. The Kier molecular flexibility index (Phi) is 5.63. The van der Waals surface area contributed by atoms with Gasteiger partial charge in [0.25, 0.3) is 0 Å². The molecule has 1 saturated heterocycles. The van der Waals surface area contributed by atoms with Crippen LogP contribution in [0.4, 0.5) is 4.39 Å². The minimum absolute atomic E-state index is 0.0401. The van der Waals surface area contributed by atoms with Gasteiger partial charge in [0.05, 0.1) is 12.5 Å². The Morgan fingerprint density at radius 3 is 2.54 bits per heavy atom. The van der Waals surface area contributed by atoms with E-state index in [9.17, 15) is 19.1 Å². The number of carbonyl (C=O) groups excluding carboxylic acids is 2. The molecule has 136 valence electrons. The van der Waals surface area contributed by atoms with Crippen molar-refractivity contribution in [3.8, 4) is 0 Å². The minimum Gasteiger partial charge on any atom is -0.459 e. The fourth-order valence-corrected chi connectivity index (χ4v) is 3.04. The highest BCUT2D eigenvalue weighted by Crippen LogP contribution is 2.21. The number of hydrogen-bond donors (Lipinski definition) is 1. The zero-order valence-electron chi connectivity index (χ0n) is 14.2. The molecule has 5 nitrogen and oxygen atoms in total. The van der Waals surface area contributed by atoms with Gasteiger partial charge < -0.3 is 14.7 Å². The van der Waals surface area contributed by atoms with Crippen LogP contribution < -0.4 is 0 Å². The lowest BCUT2D eigenvalue weighted by atomic mass is 10.1. The zero-order chi connectivity index (χ0) is 18.5. The number of rotatable bonds is 5. The molecule has 2 atom stereocenters. The predicted molar refractivity (Wildman–Crippen MR) is 92.5 cm³/mol. The number of esters is 1. The molecule has 0 unspecified atom stereocenters. The zero-order valence-corrected chi connectivity index (χ0v) is 14.2. The molecule has 2 aromatic rings. The second-order valence-electron chi connectivity index (χ2n) is 6.31. The highest BCUT2D eigenvalue weighted by Gasteiger charge is 2.39. The summed E-state index contributed by atoms with van der Waals surface area (Å²) in [5.74, 6) is -1.44. The maximum absolute atomic E-state index is 13.8. The van der Waals surface area contributed by atoms with Gasteiger partial charge in [0.15, 0.2) is 0 Å². The van der Waals surface area contributed by atoms with Crippen molar-refractivity contribution in [2.75, 3.05) is 6.54 Å². The fraction of sp³-hybridized carbons (Fsp3) is 0.300. The first-order valence-electron chi connectivity index (χ1n) is 8.46. The van der Waals surface area contributed by atoms with Crippen LogP contribution >= 0.6 is 0 Å². The average molecular weight is 357 g/mol. The summed E-state index contributed by atoms with van der Waals surface area (Å²) in [6, 6.07) is 14.4. The van der Waals surface area contributed by atoms with Crippen LogP contribution in [0.25, 0.3) is 0 Å². The lowest BCUT2D eigenvalue weighted by molar-refractivity contribution is -0.154. The van der Waals surface area contributed by atoms with Gasteiger partial charge in [-0.25, -0.2) is 9.18 Å². The number of β-amino-alcohol motifs (C(OH)–C–C–N with tert-alkyl or cyclic N) is 1. The predicted octanol–water partition coefficient (Wildman–Crippen LogP) is 2.07. The van der Waals surface area contributed by atoms with Crippen molar-refractivity contribution in [3.05, 3.63) is 71.5 Å². The van der Waals surface area contributed by atoms with Gasteiger partial charge in [-0.2, -0.15) is 0 Å². The lowest BCUT2D eigenvalue weighted by Gasteiger charge is -2.23. The Bertz CT molecular complexity index is 780. The molecule has 1 heterocycles. The summed E-state index contributed by atoms with van der Waals surface area (Å²) in [6.45, 7) is 0.139. The van der Waals surface area contributed by atoms with E-state index in [0.717, 1.165) is 5.56 Å². The van der Waals surface area contributed by atoms with Gasteiger partial charge in [0.1, 0.15) is 18.5 Å². The molecule has 0 aromatic heterocycles. The maximum atomic E-state index is 13.8. The second kappa shape index (κ2) is 8.10. The third-order valence-electron chi connectivity index (χ3n) is 4.39. The first kappa shape index (κ1) is 18.1. The van der Waals surface area contributed by atoms with Crippen LogP contribution in [0.15, 0.2) is 54.6 Å². The minimum atomic E-state index is -0.854. The SMILES string of the molecule is O=C(OCc1ccccc1)[C@H]1C[C@@H](O)CN1C(=O)Cc1ccccc1F. The van der Waals surface area contributed by atoms with Gasteiger partial charge in [0, 0.05) is 13.0 Å². The topological polar surface area (TPSA) is 66.8 Å². The highest BCUT2D eigenvalue weighted by atomic mass is 19.1. The van der Waals surface area contributed by atoms with Gasteiger partial charge in [-0.1, -0.05) is 48.5 Å². The summed E-state index contributed by atoms with van der Waals surface area (Å²) in [5, 5.41) is 9.90. The number of aliphatic hydroxyl groups excluding tert-OH is 1. The van der Waals surface area contributed by atoms with Gasteiger partial charge in [-0.05, 0) is 17.2 Å². The van der Waals surface area contributed by atoms with Crippen molar-refractivity contribution >= 4 is 11.9 Å². The van der Waals surface area contributed by atoms with Crippen molar-refractivity contribution in [2.45, 2.75) is 31.6 Å². The summed E-state index contributed by atoms with van der Waals surface area (Å²) in [5.41, 5.74) is 1.10. The number of carbonyl (C=O) groups is 2. The van der Waals surface area contributed by atoms with E-state index in [1.807, 2.05) is 30.3 Å². The Balaban J connectivity index is 1.65. The molecule has 0 aliphatic carbocycles. The maximum Gasteiger partial charge on any atom is 0.329 e. The number of amides is 1. The molecule has 2 aromatic carbocycles. The van der Waals surface area contributed by atoms with Crippen LogP contribution in [0.2, 0.25) is 0 Å². The second-order valence-corrected chi connectivity index (χ2v) is 6.31. The molecule has 0 radical (unpaired) electrons. The standard InChI is InChI=1S/C20H20FNO4/c21-17-9-5-4-8-15(17)10-19(24)22-12-16(23)11-18(22)20(25)26-13-14-6-2-1-3-7-14/h1-9,16,18,23H,10-13H2/t16-,18-/m1/s1. The molecular formula is C20H20FNO4. The van der Waals surface area contributed by atoms with Crippen LogP contribution in [-0.4, -0.2) is 40.6 Å². The molecule has 1 aliphatic rings. The number of halogens is 1. The Morgan fingerprint density at radius 1 is 1.12 bits per heavy atom. The van der Waals surface area contributed by atoms with Gasteiger partial charge >= 0.3 is 5.97 Å². The normalized spacial score (nSPS) is 19.4. The van der Waals surface area contributed by atoms with E-state index >= 15 is 0 Å². The summed E-state index contributed by atoms with van der Waals surface area (Å²) in [6.07, 6.45) is -0.841. The Morgan fingerprint density at radius 2 is 1.81 bits per heavy atom. The number of aliphatic hydroxyl groups is 1. The van der Waals surface area contributed by atoms with E-state index in [1.165, 1.54) is 17.0 Å². The molecule has 6 heteroatoms. The van der Waals surface area contributed by atoms with Crippen LogP contribution in [0, 0.1) is 5.82 Å². The van der Waals surface area contributed by atoms with Gasteiger partial charge in [0.2, 0.25) is 5.91 Å². The molecule has 1 N–H and O–H groups in total. The molecule has 1 amide bonds. The average Bonchev–Trinajstić information content (AvgIpc) is 3.04. The smallest absolute Gasteiger partial charge is 0.329 e. The molecule has 1 fully saturated rings. The van der Waals surface area contributed by atoms with Crippen LogP contribution in [0.5, 0.6) is 0 Å². The van der Waals surface area contributed by atoms with Crippen molar-refractivity contribution in [1.29, 1.82) is 0 Å². The van der Waals surface area contributed by atoms with Crippen LogP contribution in [0.3, 0.4) is 0 Å². The molecule has 26 heavy (non-hydrogen) atoms. The van der Waals surface area contributed by atoms with E-state index < -0.39 is 29.8 Å². The summed E-state index contributed by atoms with van der Waals surface area (Å²) in [7, 11) is 0. The van der Waals surface area contributed by atoms with E-state index in [0.29, 0.717) is 0 Å². The van der Waals surface area contributed by atoms with Crippen molar-refractivity contribution in [3.63, 3.8) is 0 Å². The fourth-order valence-electron chi connectivity index (χ4n) is 3.04. The molecule has 0 bridgehead atoms. The van der Waals surface area contributed by atoms with E-state index in [-0.39, 0.29) is 31.6 Å². The molecule has 0 spiro atoms. The monoisotopic (exact) mass is 357 g/mol. The van der Waals surface area contributed by atoms with Gasteiger partial charge in [-0.3, -0.25) is 4.79 Å². The van der Waals surface area contributed by atoms with Crippen LogP contribution in [-0.2, 0) is 27.4 Å². The first-order valence-corrected chi connectivity index (χ1v) is 8.46.